The number of ether oxygens (including phenoxy) is 2. The molecule has 2 N–H and O–H groups in total. The molecule has 0 amide bonds. The largest absolute Gasteiger partial charge is 0.456 e. The molecule has 2 aliphatic rings. The van der Waals surface area contributed by atoms with Gasteiger partial charge in [0.15, 0.2) is 0 Å². The summed E-state index contributed by atoms with van der Waals surface area (Å²) in [5, 5.41) is 19.6. The number of carbonyl (C=O) groups excluding carboxylic acids is 1. The van der Waals surface area contributed by atoms with Crippen molar-refractivity contribution in [2.45, 2.75) is 110 Å². The Morgan fingerprint density at radius 2 is 1.97 bits per heavy atom. The minimum Gasteiger partial charge on any atom is -0.456 e. The Morgan fingerprint density at radius 3 is 2.73 bits per heavy atom. The van der Waals surface area contributed by atoms with Crippen LogP contribution in [0.2, 0.25) is 0 Å². The van der Waals surface area contributed by atoms with E-state index in [4.69, 9.17) is 14.6 Å². The van der Waals surface area contributed by atoms with E-state index in [1.54, 1.807) is 18.2 Å². The molecule has 5 heteroatoms. The van der Waals surface area contributed by atoms with Crippen molar-refractivity contribution in [2.75, 3.05) is 6.61 Å². The van der Waals surface area contributed by atoms with E-state index in [9.17, 15) is 9.90 Å². The molecule has 0 spiro atoms. The summed E-state index contributed by atoms with van der Waals surface area (Å²) >= 11 is 0. The van der Waals surface area contributed by atoms with Gasteiger partial charge in [0.1, 0.15) is 12.2 Å². The molecule has 0 aliphatic carbocycles. The summed E-state index contributed by atoms with van der Waals surface area (Å²) in [5.41, 5.74) is 2.34. The topological polar surface area (TPSA) is 76.0 Å². The molecule has 0 aromatic heterocycles. The van der Waals surface area contributed by atoms with E-state index < -0.39 is 18.2 Å². The lowest BCUT2D eigenvalue weighted by Crippen LogP contribution is -2.29. The van der Waals surface area contributed by atoms with Gasteiger partial charge in [-0.2, -0.15) is 0 Å². The number of hydrogen-bond donors (Lipinski definition) is 2. The van der Waals surface area contributed by atoms with E-state index in [1.165, 1.54) is 11.6 Å². The average molecular weight is 515 g/mol. The first-order chi connectivity index (χ1) is 17.9. The smallest absolute Gasteiger partial charge is 0.330 e. The van der Waals surface area contributed by atoms with Gasteiger partial charge >= 0.3 is 5.97 Å². The van der Waals surface area contributed by atoms with Crippen LogP contribution in [-0.2, 0) is 14.3 Å². The predicted molar refractivity (Wildman–Crippen MR) is 153 cm³/mol. The molecule has 208 valence electrons. The van der Waals surface area contributed by atoms with E-state index in [-0.39, 0.29) is 18.8 Å². The Kier molecular flexibility index (Phi) is 17.6. The fourth-order valence-electron chi connectivity index (χ4n) is 4.45. The summed E-state index contributed by atoms with van der Waals surface area (Å²) < 4.78 is 11.8. The maximum Gasteiger partial charge on any atom is 0.330 e. The SMILES string of the molecule is C=C1CC/C=C/C[C@@H]([C@@H](O)/C=C/CC/C(C)=C\CO)OC(=O)/C=C\C[C@@H]2C=CC[C@@H](C[C@@H](C)C1)O2.CC. The molecular formula is C32H50O5. The zero-order chi connectivity index (χ0) is 27.5. The van der Waals surface area contributed by atoms with Crippen LogP contribution in [0.3, 0.4) is 0 Å². The first-order valence-electron chi connectivity index (χ1n) is 14.0. The van der Waals surface area contributed by atoms with Gasteiger partial charge in [0.05, 0.1) is 18.8 Å². The Labute approximate surface area is 225 Å². The highest BCUT2D eigenvalue weighted by atomic mass is 16.6. The molecule has 37 heavy (non-hydrogen) atoms. The van der Waals surface area contributed by atoms with Crippen LogP contribution in [0.25, 0.3) is 0 Å². The van der Waals surface area contributed by atoms with Crippen molar-refractivity contribution in [3.05, 3.63) is 72.4 Å². The van der Waals surface area contributed by atoms with Gasteiger partial charge in [0, 0.05) is 12.5 Å². The highest BCUT2D eigenvalue weighted by Gasteiger charge is 2.21. The van der Waals surface area contributed by atoms with Crippen molar-refractivity contribution in [1.29, 1.82) is 0 Å². The summed E-state index contributed by atoms with van der Waals surface area (Å²) in [6.45, 7) is 12.5. The minimum atomic E-state index is -0.897. The second kappa shape index (κ2) is 19.8. The van der Waals surface area contributed by atoms with Gasteiger partial charge in [-0.1, -0.05) is 87.1 Å². The van der Waals surface area contributed by atoms with Crippen molar-refractivity contribution in [2.24, 2.45) is 5.92 Å². The predicted octanol–water partition coefficient (Wildman–Crippen LogP) is 6.93. The molecule has 0 saturated heterocycles. The van der Waals surface area contributed by atoms with Crippen molar-refractivity contribution >= 4 is 5.97 Å². The summed E-state index contributed by atoms with van der Waals surface area (Å²) in [4.78, 5) is 12.5. The number of aliphatic hydroxyl groups excluding tert-OH is 2. The Hall–Kier alpha value is -2.21. The van der Waals surface area contributed by atoms with Crippen LogP contribution in [0.4, 0.5) is 0 Å². The maximum absolute atomic E-state index is 12.5. The number of hydrogen-bond acceptors (Lipinski definition) is 5. The van der Waals surface area contributed by atoms with Crippen molar-refractivity contribution in [1.82, 2.24) is 0 Å². The Bertz CT molecular complexity index is 804. The van der Waals surface area contributed by atoms with Crippen LogP contribution < -0.4 is 0 Å². The Morgan fingerprint density at radius 1 is 1.19 bits per heavy atom. The third kappa shape index (κ3) is 15.0. The zero-order valence-corrected chi connectivity index (χ0v) is 23.5. The molecule has 0 saturated carbocycles. The van der Waals surface area contributed by atoms with Gasteiger partial charge in [0.25, 0.3) is 0 Å². The lowest BCUT2D eigenvalue weighted by atomic mass is 9.92. The fourth-order valence-corrected chi connectivity index (χ4v) is 4.45. The number of carbonyl (C=O) groups is 1. The third-order valence-electron chi connectivity index (χ3n) is 6.37. The number of rotatable bonds is 6. The van der Waals surface area contributed by atoms with Gasteiger partial charge in [0.2, 0.25) is 0 Å². The quantitative estimate of drug-likeness (QED) is 0.297. The van der Waals surface area contributed by atoms with Crippen LogP contribution >= 0.6 is 0 Å². The van der Waals surface area contributed by atoms with E-state index in [1.807, 2.05) is 32.9 Å². The van der Waals surface area contributed by atoms with Crippen molar-refractivity contribution in [3.8, 4) is 0 Å². The standard InChI is InChI=1S/C30H44O5.C2H6/c1-23(19-20-31)11-7-8-16-28(32)29-17-6-4-5-12-24(2)21-25(3)22-27-15-9-13-26(34-27)14-10-18-30(33)35-29;1-2/h4,6,8-10,13,16,18-19,25-29,31-32H,2,5,7,11-12,14-15,17,20-22H2,1,3H3;1-2H3/b6-4+,16-8+,18-10-,23-19-;/t25-,26-,27-,28-,29-;/m0./s1. The maximum atomic E-state index is 12.5. The lowest BCUT2D eigenvalue weighted by molar-refractivity contribution is -0.147. The third-order valence-corrected chi connectivity index (χ3v) is 6.37. The zero-order valence-electron chi connectivity index (χ0n) is 23.5. The molecular weight excluding hydrogens is 464 g/mol. The van der Waals surface area contributed by atoms with Gasteiger partial charge < -0.3 is 19.7 Å². The Balaban J connectivity index is 0.00000334. The number of aliphatic hydroxyl groups is 2. The van der Waals surface area contributed by atoms with E-state index in [0.717, 1.165) is 50.5 Å². The normalized spacial score (nSPS) is 28.9. The van der Waals surface area contributed by atoms with Crippen molar-refractivity contribution < 1.29 is 24.5 Å². The van der Waals surface area contributed by atoms with Gasteiger partial charge in [-0.15, -0.1) is 0 Å². The second-order valence-electron chi connectivity index (χ2n) is 9.81. The molecule has 0 radical (unpaired) electrons. The summed E-state index contributed by atoms with van der Waals surface area (Å²) in [6.07, 6.45) is 22.8. The molecule has 2 heterocycles. The minimum absolute atomic E-state index is 0.0339. The van der Waals surface area contributed by atoms with Crippen LogP contribution in [0.5, 0.6) is 0 Å². The molecule has 2 aliphatic heterocycles. The average Bonchev–Trinajstić information content (AvgIpc) is 2.86. The molecule has 0 unspecified atom stereocenters. The first kappa shape index (κ1) is 32.8. The molecule has 5 nitrogen and oxygen atoms in total. The number of allylic oxidation sites excluding steroid dienone is 4. The monoisotopic (exact) mass is 514 g/mol. The number of esters is 1. The second-order valence-corrected chi connectivity index (χ2v) is 9.81. The van der Waals surface area contributed by atoms with Crippen LogP contribution in [0.1, 0.15) is 85.5 Å². The highest BCUT2D eigenvalue weighted by Crippen LogP contribution is 2.25. The summed E-state index contributed by atoms with van der Waals surface area (Å²) in [7, 11) is 0. The molecule has 0 aromatic carbocycles. The number of fused-ring (bicyclic) bond motifs is 2. The van der Waals surface area contributed by atoms with E-state index in [0.29, 0.717) is 18.8 Å². The fraction of sp³-hybridized carbons (Fsp3) is 0.594. The van der Waals surface area contributed by atoms with Crippen LogP contribution in [0, 0.1) is 5.92 Å². The molecule has 5 atom stereocenters. The van der Waals surface area contributed by atoms with E-state index >= 15 is 0 Å². The highest BCUT2D eigenvalue weighted by molar-refractivity contribution is 5.82. The van der Waals surface area contributed by atoms with Gasteiger partial charge in [-0.05, 0) is 64.2 Å². The van der Waals surface area contributed by atoms with Crippen molar-refractivity contribution in [3.63, 3.8) is 0 Å². The van der Waals surface area contributed by atoms with Crippen LogP contribution in [0.15, 0.2) is 72.4 Å². The first-order valence-corrected chi connectivity index (χ1v) is 14.0. The number of cyclic esters (lactones) is 1. The van der Waals surface area contributed by atoms with Gasteiger partial charge in [-0.3, -0.25) is 0 Å². The summed E-state index contributed by atoms with van der Waals surface area (Å²) in [6, 6.07) is 0. The molecule has 2 bridgehead atoms. The summed E-state index contributed by atoms with van der Waals surface area (Å²) in [5.74, 6) is 0.0549. The molecule has 0 aromatic rings. The van der Waals surface area contributed by atoms with E-state index in [2.05, 4.69) is 31.7 Å². The van der Waals surface area contributed by atoms with Crippen LogP contribution in [-0.4, -0.2) is 47.2 Å². The molecule has 2 rings (SSSR count). The van der Waals surface area contributed by atoms with Gasteiger partial charge in [-0.25, -0.2) is 4.79 Å². The lowest BCUT2D eigenvalue weighted by Gasteiger charge is -2.28. The molecule has 0 fully saturated rings.